The Bertz CT molecular complexity index is 924. The first-order valence-electron chi connectivity index (χ1n) is 9.71. The molecule has 2 aromatic rings. The van der Waals surface area contributed by atoms with Crippen molar-refractivity contribution in [2.24, 2.45) is 0 Å². The van der Waals surface area contributed by atoms with Crippen LogP contribution in [0, 0.1) is 13.8 Å². The van der Waals surface area contributed by atoms with Crippen molar-refractivity contribution in [2.45, 2.75) is 26.8 Å². The minimum absolute atomic E-state index is 0.106. The molecule has 2 saturated heterocycles. The minimum atomic E-state index is -0.443. The maximum absolute atomic E-state index is 12.8. The second kappa shape index (κ2) is 7.65. The minimum Gasteiger partial charge on any atom is -0.447 e. The van der Waals surface area contributed by atoms with Gasteiger partial charge in [-0.1, -0.05) is 6.07 Å². The van der Waals surface area contributed by atoms with Gasteiger partial charge in [0.15, 0.2) is 11.5 Å². The maximum Gasteiger partial charge on any atom is 0.415 e. The molecule has 0 N–H and O–H groups in total. The average molecular weight is 396 g/mol. The molecule has 0 saturated carbocycles. The fraction of sp³-hybridized carbons (Fsp3) is 0.450. The van der Waals surface area contributed by atoms with E-state index in [-0.39, 0.29) is 17.6 Å². The van der Waals surface area contributed by atoms with Crippen molar-refractivity contribution in [3.8, 4) is 0 Å². The zero-order valence-electron chi connectivity index (χ0n) is 16.8. The van der Waals surface area contributed by atoms with Crippen LogP contribution in [0.15, 0.2) is 24.4 Å². The molecule has 9 nitrogen and oxygen atoms in total. The standard InChI is InChI=1S/C20H24N6O3/c1-13-10-14(2)18(21-11-13)24-6-8-25(9-7-24)19(27)16-4-5-17(23-22-16)26-15(3)12-29-20(26)28/h4-5,10-11,15H,6-9,12H2,1-3H3. The van der Waals surface area contributed by atoms with E-state index < -0.39 is 6.09 Å². The number of anilines is 2. The lowest BCUT2D eigenvalue weighted by Crippen LogP contribution is -2.49. The third-order valence-electron chi connectivity index (χ3n) is 5.26. The Morgan fingerprint density at radius 1 is 1.14 bits per heavy atom. The zero-order valence-corrected chi connectivity index (χ0v) is 16.8. The van der Waals surface area contributed by atoms with Crippen molar-refractivity contribution >= 4 is 23.6 Å². The van der Waals surface area contributed by atoms with Gasteiger partial charge in [-0.05, 0) is 44.0 Å². The van der Waals surface area contributed by atoms with Crippen LogP contribution in [-0.2, 0) is 4.74 Å². The van der Waals surface area contributed by atoms with E-state index in [2.05, 4.69) is 33.1 Å². The van der Waals surface area contributed by atoms with E-state index in [0.29, 0.717) is 38.6 Å². The molecular formula is C20H24N6O3. The summed E-state index contributed by atoms with van der Waals surface area (Å²) >= 11 is 0. The first kappa shape index (κ1) is 19.1. The quantitative estimate of drug-likeness (QED) is 0.781. The second-order valence-corrected chi connectivity index (χ2v) is 7.51. The van der Waals surface area contributed by atoms with Crippen molar-refractivity contribution in [2.75, 3.05) is 42.6 Å². The van der Waals surface area contributed by atoms with Gasteiger partial charge in [-0.25, -0.2) is 9.78 Å². The molecule has 4 rings (SSSR count). The number of aromatic nitrogens is 3. The van der Waals surface area contributed by atoms with Crippen LogP contribution in [0.3, 0.4) is 0 Å². The van der Waals surface area contributed by atoms with Crippen molar-refractivity contribution in [1.82, 2.24) is 20.1 Å². The van der Waals surface area contributed by atoms with Crippen LogP contribution < -0.4 is 9.80 Å². The number of amides is 2. The monoisotopic (exact) mass is 396 g/mol. The van der Waals surface area contributed by atoms with Crippen LogP contribution >= 0.6 is 0 Å². The van der Waals surface area contributed by atoms with Gasteiger partial charge < -0.3 is 14.5 Å². The lowest BCUT2D eigenvalue weighted by molar-refractivity contribution is 0.0739. The first-order valence-corrected chi connectivity index (χ1v) is 9.71. The molecule has 9 heteroatoms. The van der Waals surface area contributed by atoms with E-state index in [9.17, 15) is 9.59 Å². The van der Waals surface area contributed by atoms with E-state index in [1.165, 1.54) is 4.90 Å². The predicted octanol–water partition coefficient (Wildman–Crippen LogP) is 1.80. The van der Waals surface area contributed by atoms with Gasteiger partial charge in [0.1, 0.15) is 12.4 Å². The van der Waals surface area contributed by atoms with E-state index in [1.807, 2.05) is 20.0 Å². The molecule has 152 valence electrons. The summed E-state index contributed by atoms with van der Waals surface area (Å²) in [6.07, 6.45) is 1.43. The summed E-state index contributed by atoms with van der Waals surface area (Å²) in [5.74, 6) is 1.20. The SMILES string of the molecule is Cc1cnc(N2CCN(C(=O)c3ccc(N4C(=O)OCC4C)nn3)CC2)c(C)c1. The molecule has 0 spiro atoms. The average Bonchev–Trinajstić information content (AvgIpc) is 3.06. The molecule has 0 aromatic carbocycles. The fourth-order valence-corrected chi connectivity index (χ4v) is 3.73. The van der Waals surface area contributed by atoms with Gasteiger partial charge in [0.25, 0.3) is 5.91 Å². The van der Waals surface area contributed by atoms with Gasteiger partial charge in [0, 0.05) is 32.4 Å². The second-order valence-electron chi connectivity index (χ2n) is 7.51. The van der Waals surface area contributed by atoms with Gasteiger partial charge in [0.05, 0.1) is 6.04 Å². The molecule has 2 aliphatic rings. The van der Waals surface area contributed by atoms with Crippen LogP contribution in [0.4, 0.5) is 16.4 Å². The lowest BCUT2D eigenvalue weighted by atomic mass is 10.2. The first-order chi connectivity index (χ1) is 13.9. The van der Waals surface area contributed by atoms with Crippen molar-refractivity contribution in [1.29, 1.82) is 0 Å². The molecule has 2 aromatic heterocycles. The van der Waals surface area contributed by atoms with E-state index in [4.69, 9.17) is 4.74 Å². The van der Waals surface area contributed by atoms with Gasteiger partial charge in [0.2, 0.25) is 0 Å². The highest BCUT2D eigenvalue weighted by atomic mass is 16.6. The summed E-state index contributed by atoms with van der Waals surface area (Å²) in [4.78, 5) is 34.6. The Kier molecular flexibility index (Phi) is 5.04. The summed E-state index contributed by atoms with van der Waals surface area (Å²) in [6.45, 7) is 8.88. The Morgan fingerprint density at radius 3 is 2.48 bits per heavy atom. The number of nitrogens with zero attached hydrogens (tertiary/aromatic N) is 6. The van der Waals surface area contributed by atoms with Crippen LogP contribution in [0.2, 0.25) is 0 Å². The van der Waals surface area contributed by atoms with Gasteiger partial charge in [-0.15, -0.1) is 10.2 Å². The number of hydrogen-bond acceptors (Lipinski definition) is 7. The van der Waals surface area contributed by atoms with E-state index in [0.717, 1.165) is 16.9 Å². The summed E-state index contributed by atoms with van der Waals surface area (Å²) < 4.78 is 5.00. The number of rotatable bonds is 3. The molecule has 4 heterocycles. The number of piperazine rings is 1. The molecule has 2 aliphatic heterocycles. The number of ether oxygens (including phenoxy) is 1. The molecule has 1 unspecified atom stereocenters. The summed E-state index contributed by atoms with van der Waals surface area (Å²) in [5, 5.41) is 8.12. The number of carbonyl (C=O) groups is 2. The highest BCUT2D eigenvalue weighted by Gasteiger charge is 2.32. The largest absolute Gasteiger partial charge is 0.447 e. The third kappa shape index (κ3) is 3.72. The summed E-state index contributed by atoms with van der Waals surface area (Å²) in [5.41, 5.74) is 2.55. The number of carbonyl (C=O) groups excluding carboxylic acids is 2. The normalized spacial score (nSPS) is 19.5. The highest BCUT2D eigenvalue weighted by Crippen LogP contribution is 2.22. The summed E-state index contributed by atoms with van der Waals surface area (Å²) in [7, 11) is 0. The predicted molar refractivity (Wildman–Crippen MR) is 107 cm³/mol. The van der Waals surface area contributed by atoms with Crippen molar-refractivity contribution in [3.63, 3.8) is 0 Å². The topological polar surface area (TPSA) is 91.8 Å². The van der Waals surface area contributed by atoms with E-state index in [1.54, 1.807) is 17.0 Å². The number of cyclic esters (lactones) is 1. The number of pyridine rings is 1. The molecule has 0 radical (unpaired) electrons. The molecule has 2 fully saturated rings. The molecule has 29 heavy (non-hydrogen) atoms. The van der Waals surface area contributed by atoms with Gasteiger partial charge in [-0.3, -0.25) is 9.69 Å². The lowest BCUT2D eigenvalue weighted by Gasteiger charge is -2.35. The zero-order chi connectivity index (χ0) is 20.5. The number of aryl methyl sites for hydroxylation is 2. The Morgan fingerprint density at radius 2 is 1.90 bits per heavy atom. The van der Waals surface area contributed by atoms with Crippen LogP contribution in [-0.4, -0.2) is 70.9 Å². The number of hydrogen-bond donors (Lipinski definition) is 0. The molecular weight excluding hydrogens is 372 g/mol. The molecule has 0 bridgehead atoms. The Labute approximate surface area is 169 Å². The molecule has 0 aliphatic carbocycles. The fourth-order valence-electron chi connectivity index (χ4n) is 3.73. The summed E-state index contributed by atoms with van der Waals surface area (Å²) in [6, 6.07) is 5.26. The van der Waals surface area contributed by atoms with Crippen LogP contribution in [0.25, 0.3) is 0 Å². The van der Waals surface area contributed by atoms with Crippen molar-refractivity contribution in [3.05, 3.63) is 41.2 Å². The molecule has 2 amide bonds. The van der Waals surface area contributed by atoms with Crippen molar-refractivity contribution < 1.29 is 14.3 Å². The van der Waals surface area contributed by atoms with E-state index >= 15 is 0 Å². The third-order valence-corrected chi connectivity index (χ3v) is 5.26. The molecule has 1 atom stereocenters. The van der Waals surface area contributed by atoms with Crippen LogP contribution in [0.1, 0.15) is 28.5 Å². The van der Waals surface area contributed by atoms with Gasteiger partial charge >= 0.3 is 6.09 Å². The Balaban J connectivity index is 1.40. The van der Waals surface area contributed by atoms with Gasteiger partial charge in [-0.2, -0.15) is 0 Å². The maximum atomic E-state index is 12.8. The smallest absolute Gasteiger partial charge is 0.415 e. The highest BCUT2D eigenvalue weighted by molar-refractivity contribution is 5.93. The van der Waals surface area contributed by atoms with Crippen LogP contribution in [0.5, 0.6) is 0 Å². The Hall–Kier alpha value is -3.23.